The van der Waals surface area contributed by atoms with Crippen molar-refractivity contribution in [3.8, 4) is 0 Å². The highest BCUT2D eigenvalue weighted by Crippen LogP contribution is 2.43. The number of benzene rings is 2. The van der Waals surface area contributed by atoms with Crippen molar-refractivity contribution in [3.63, 3.8) is 0 Å². The average Bonchev–Trinajstić information content (AvgIpc) is 2.62. The minimum atomic E-state index is -3.70. The second-order valence-corrected chi connectivity index (χ2v) is 9.95. The first-order valence-electron chi connectivity index (χ1n) is 8.88. The van der Waals surface area contributed by atoms with Crippen LogP contribution in [0.5, 0.6) is 0 Å². The summed E-state index contributed by atoms with van der Waals surface area (Å²) in [5.41, 5.74) is 1.20. The molecule has 1 aliphatic carbocycles. The Hall–Kier alpha value is -1.70. The molecule has 0 radical (unpaired) electrons. The molecule has 7 heteroatoms. The Bertz CT molecular complexity index is 895. The third kappa shape index (κ3) is 4.42. The molecular formula is C20H23BrN2O3S. The van der Waals surface area contributed by atoms with Gasteiger partial charge in [-0.05, 0) is 42.7 Å². The summed E-state index contributed by atoms with van der Waals surface area (Å²) in [5, 5.41) is 2.93. The van der Waals surface area contributed by atoms with Crippen LogP contribution >= 0.6 is 15.9 Å². The summed E-state index contributed by atoms with van der Waals surface area (Å²) >= 11 is 3.29. The van der Waals surface area contributed by atoms with Crippen LogP contribution in [0.3, 0.4) is 0 Å². The van der Waals surface area contributed by atoms with Gasteiger partial charge in [0.05, 0.1) is 11.4 Å². The SMILES string of the molecule is CN(CC(=O)NCC1(c2ccccc2)CCC1)S(=O)(=O)c1ccc(Br)cc1. The Kier molecular flexibility index (Phi) is 6.03. The first-order chi connectivity index (χ1) is 12.8. The Morgan fingerprint density at radius 3 is 2.30 bits per heavy atom. The molecule has 1 N–H and O–H groups in total. The van der Waals surface area contributed by atoms with Crippen molar-refractivity contribution < 1.29 is 13.2 Å². The van der Waals surface area contributed by atoms with Gasteiger partial charge in [0.15, 0.2) is 0 Å². The Morgan fingerprint density at radius 2 is 1.74 bits per heavy atom. The van der Waals surface area contributed by atoms with Crippen LogP contribution in [0.4, 0.5) is 0 Å². The van der Waals surface area contributed by atoms with Gasteiger partial charge >= 0.3 is 0 Å². The van der Waals surface area contributed by atoms with E-state index in [0.29, 0.717) is 6.54 Å². The first kappa shape index (κ1) is 20.0. The van der Waals surface area contributed by atoms with Crippen LogP contribution in [-0.4, -0.2) is 38.8 Å². The fraction of sp³-hybridized carbons (Fsp3) is 0.350. The number of rotatable bonds is 7. The van der Waals surface area contributed by atoms with E-state index in [9.17, 15) is 13.2 Å². The van der Waals surface area contributed by atoms with Crippen LogP contribution in [0, 0.1) is 0 Å². The van der Waals surface area contributed by atoms with Crippen LogP contribution in [0.15, 0.2) is 64.0 Å². The highest BCUT2D eigenvalue weighted by molar-refractivity contribution is 9.10. The van der Waals surface area contributed by atoms with Gasteiger partial charge in [0, 0.05) is 23.5 Å². The molecule has 144 valence electrons. The topological polar surface area (TPSA) is 66.5 Å². The molecule has 3 rings (SSSR count). The predicted molar refractivity (Wildman–Crippen MR) is 109 cm³/mol. The molecule has 0 spiro atoms. The zero-order valence-electron chi connectivity index (χ0n) is 15.2. The summed E-state index contributed by atoms with van der Waals surface area (Å²) in [6, 6.07) is 16.6. The summed E-state index contributed by atoms with van der Waals surface area (Å²) in [4.78, 5) is 12.5. The Morgan fingerprint density at radius 1 is 1.11 bits per heavy atom. The van der Waals surface area contributed by atoms with Crippen molar-refractivity contribution in [2.75, 3.05) is 20.1 Å². The lowest BCUT2D eigenvalue weighted by molar-refractivity contribution is -0.121. The maximum Gasteiger partial charge on any atom is 0.243 e. The number of likely N-dealkylation sites (N-methyl/N-ethyl adjacent to an activating group) is 1. The Labute approximate surface area is 169 Å². The van der Waals surface area contributed by atoms with Gasteiger partial charge in [0.2, 0.25) is 15.9 Å². The van der Waals surface area contributed by atoms with E-state index in [-0.39, 0.29) is 22.8 Å². The molecule has 1 fully saturated rings. The molecule has 0 bridgehead atoms. The maximum absolute atomic E-state index is 12.6. The van der Waals surface area contributed by atoms with E-state index in [4.69, 9.17) is 0 Å². The number of amides is 1. The number of nitrogens with one attached hydrogen (secondary N) is 1. The molecule has 27 heavy (non-hydrogen) atoms. The maximum atomic E-state index is 12.6. The van der Waals surface area contributed by atoms with Crippen molar-refractivity contribution in [2.24, 2.45) is 0 Å². The second kappa shape index (κ2) is 8.12. The van der Waals surface area contributed by atoms with Gasteiger partial charge < -0.3 is 5.32 Å². The first-order valence-corrected chi connectivity index (χ1v) is 11.1. The highest BCUT2D eigenvalue weighted by atomic mass is 79.9. The Balaban J connectivity index is 1.61. The van der Waals surface area contributed by atoms with Crippen molar-refractivity contribution in [2.45, 2.75) is 29.6 Å². The molecule has 2 aromatic rings. The smallest absolute Gasteiger partial charge is 0.243 e. The van der Waals surface area contributed by atoms with E-state index >= 15 is 0 Å². The molecule has 0 heterocycles. The van der Waals surface area contributed by atoms with E-state index in [0.717, 1.165) is 28.0 Å². The summed E-state index contributed by atoms with van der Waals surface area (Å²) < 4.78 is 27.1. The molecule has 1 amide bonds. The molecular weight excluding hydrogens is 428 g/mol. The monoisotopic (exact) mass is 450 g/mol. The van der Waals surface area contributed by atoms with Crippen molar-refractivity contribution in [1.82, 2.24) is 9.62 Å². The molecule has 0 unspecified atom stereocenters. The van der Waals surface area contributed by atoms with Gasteiger partial charge in [-0.1, -0.05) is 52.7 Å². The minimum absolute atomic E-state index is 0.0277. The van der Waals surface area contributed by atoms with Crippen molar-refractivity contribution in [1.29, 1.82) is 0 Å². The molecule has 0 aromatic heterocycles. The fourth-order valence-electron chi connectivity index (χ4n) is 3.36. The second-order valence-electron chi connectivity index (χ2n) is 6.99. The number of hydrogen-bond donors (Lipinski definition) is 1. The molecule has 5 nitrogen and oxygen atoms in total. The van der Waals surface area contributed by atoms with Gasteiger partial charge in [-0.25, -0.2) is 8.42 Å². The van der Waals surface area contributed by atoms with Crippen molar-refractivity contribution in [3.05, 3.63) is 64.6 Å². The molecule has 1 aliphatic rings. The third-order valence-electron chi connectivity index (χ3n) is 5.21. The van der Waals surface area contributed by atoms with E-state index in [2.05, 4.69) is 33.4 Å². The van der Waals surface area contributed by atoms with Gasteiger partial charge in [-0.15, -0.1) is 0 Å². The zero-order valence-corrected chi connectivity index (χ0v) is 17.6. The zero-order chi connectivity index (χ0) is 19.5. The lowest BCUT2D eigenvalue weighted by Crippen LogP contribution is -2.48. The van der Waals surface area contributed by atoms with Gasteiger partial charge in [0.1, 0.15) is 0 Å². The van der Waals surface area contributed by atoms with Crippen LogP contribution in [0.1, 0.15) is 24.8 Å². The number of carbonyl (C=O) groups excluding carboxylic acids is 1. The lowest BCUT2D eigenvalue weighted by Gasteiger charge is -2.42. The largest absolute Gasteiger partial charge is 0.354 e. The van der Waals surface area contributed by atoms with E-state index in [1.54, 1.807) is 12.1 Å². The summed E-state index contributed by atoms with van der Waals surface area (Å²) in [6.07, 6.45) is 3.21. The van der Waals surface area contributed by atoms with Crippen LogP contribution in [0.2, 0.25) is 0 Å². The van der Waals surface area contributed by atoms with Crippen LogP contribution < -0.4 is 5.32 Å². The molecule has 0 aliphatic heterocycles. The van der Waals surface area contributed by atoms with E-state index in [1.807, 2.05) is 18.2 Å². The summed E-state index contributed by atoms with van der Waals surface area (Å²) in [6.45, 7) is 0.325. The number of nitrogens with zero attached hydrogens (tertiary/aromatic N) is 1. The molecule has 1 saturated carbocycles. The summed E-state index contributed by atoms with van der Waals surface area (Å²) in [5.74, 6) is -0.291. The minimum Gasteiger partial charge on any atom is -0.354 e. The van der Waals surface area contributed by atoms with Crippen LogP contribution in [0.25, 0.3) is 0 Å². The number of sulfonamides is 1. The lowest BCUT2D eigenvalue weighted by atomic mass is 9.64. The van der Waals surface area contributed by atoms with Crippen molar-refractivity contribution >= 4 is 31.9 Å². The predicted octanol–water partition coefficient (Wildman–Crippen LogP) is 3.31. The third-order valence-corrected chi connectivity index (χ3v) is 7.56. The van der Waals surface area contributed by atoms with Crippen LogP contribution in [-0.2, 0) is 20.2 Å². The number of carbonyl (C=O) groups is 1. The van der Waals surface area contributed by atoms with Gasteiger partial charge in [-0.3, -0.25) is 4.79 Å². The summed E-state index contributed by atoms with van der Waals surface area (Å²) in [7, 11) is -2.27. The fourth-order valence-corrected chi connectivity index (χ4v) is 4.75. The molecule has 0 atom stereocenters. The molecule has 0 saturated heterocycles. The highest BCUT2D eigenvalue weighted by Gasteiger charge is 2.38. The number of hydrogen-bond acceptors (Lipinski definition) is 3. The van der Waals surface area contributed by atoms with Gasteiger partial charge in [0.25, 0.3) is 0 Å². The molecule has 2 aromatic carbocycles. The normalized spacial score (nSPS) is 16.0. The quantitative estimate of drug-likeness (QED) is 0.703. The van der Waals surface area contributed by atoms with E-state index < -0.39 is 10.0 Å². The standard InChI is InChI=1S/C20H23BrN2O3S/c1-23(27(25,26)18-10-8-17(21)9-11-18)14-19(24)22-15-20(12-5-13-20)16-6-3-2-4-7-16/h2-4,6-11H,5,12-15H2,1H3,(H,22,24). The number of halogens is 1. The average molecular weight is 451 g/mol. The van der Waals surface area contributed by atoms with Gasteiger partial charge in [-0.2, -0.15) is 4.31 Å². The van der Waals surface area contributed by atoms with E-state index in [1.165, 1.54) is 24.7 Å².